The number of amides is 3. The van der Waals surface area contributed by atoms with Crippen LogP contribution in [0.5, 0.6) is 0 Å². The number of nitrogens with zero attached hydrogens (tertiary/aromatic N) is 4. The number of halogens is 2. The lowest BCUT2D eigenvalue weighted by Crippen LogP contribution is -2.43. The second-order valence-corrected chi connectivity index (χ2v) is 7.48. The van der Waals surface area contributed by atoms with Crippen molar-refractivity contribution in [2.24, 2.45) is 10.3 Å². The third-order valence-electron chi connectivity index (χ3n) is 4.79. The predicted octanol–water partition coefficient (Wildman–Crippen LogP) is 3.23. The Labute approximate surface area is 176 Å². The van der Waals surface area contributed by atoms with Gasteiger partial charge in [0.05, 0.1) is 5.69 Å². The lowest BCUT2D eigenvalue weighted by Gasteiger charge is -2.20. The van der Waals surface area contributed by atoms with Gasteiger partial charge in [-0.05, 0) is 48.9 Å². The summed E-state index contributed by atoms with van der Waals surface area (Å²) in [7, 11) is 0. The summed E-state index contributed by atoms with van der Waals surface area (Å²) in [5.41, 5.74) is 1.68. The molecule has 2 aromatic carbocycles. The Morgan fingerprint density at radius 3 is 2.55 bits per heavy atom. The van der Waals surface area contributed by atoms with Gasteiger partial charge in [-0.15, -0.1) is 0 Å². The third kappa shape index (κ3) is 3.45. The molecule has 2 aliphatic rings. The molecule has 3 amide bonds. The fraction of sp³-hybridized carbons (Fsp3) is 0.211. The highest BCUT2D eigenvalue weighted by atomic mass is 35.5. The van der Waals surface area contributed by atoms with Crippen molar-refractivity contribution in [2.45, 2.75) is 19.0 Å². The molecule has 0 aromatic heterocycles. The first-order valence-corrected chi connectivity index (χ1v) is 9.48. The second-order valence-electron chi connectivity index (χ2n) is 6.64. The quantitative estimate of drug-likeness (QED) is 0.751. The average molecular weight is 432 g/mol. The molecule has 2 atom stereocenters. The zero-order chi connectivity index (χ0) is 20.7. The van der Waals surface area contributed by atoms with Crippen molar-refractivity contribution in [1.82, 2.24) is 5.01 Å². The zero-order valence-corrected chi connectivity index (χ0v) is 16.7. The summed E-state index contributed by atoms with van der Waals surface area (Å²) >= 11 is 11.9. The minimum atomic E-state index is -0.973. The Balaban J connectivity index is 1.49. The van der Waals surface area contributed by atoms with E-state index in [0.717, 1.165) is 10.5 Å². The van der Waals surface area contributed by atoms with Crippen LogP contribution in [0.3, 0.4) is 0 Å². The molecule has 1 fully saturated rings. The van der Waals surface area contributed by atoms with Crippen molar-refractivity contribution in [2.75, 3.05) is 16.8 Å². The van der Waals surface area contributed by atoms with Crippen LogP contribution in [-0.2, 0) is 14.4 Å². The fourth-order valence-corrected chi connectivity index (χ4v) is 3.58. The number of fused-ring (bicyclic) bond motifs is 1. The van der Waals surface area contributed by atoms with Gasteiger partial charge in [-0.1, -0.05) is 34.5 Å². The molecular formula is C19H15Cl2N5O3. The molecule has 0 unspecified atom stereocenters. The smallest absolute Gasteiger partial charge is 0.263 e. The van der Waals surface area contributed by atoms with Crippen molar-refractivity contribution >= 4 is 52.3 Å². The van der Waals surface area contributed by atoms with Gasteiger partial charge < -0.3 is 5.32 Å². The van der Waals surface area contributed by atoms with Gasteiger partial charge in [0.15, 0.2) is 12.1 Å². The van der Waals surface area contributed by atoms with Gasteiger partial charge in [0.1, 0.15) is 6.54 Å². The Morgan fingerprint density at radius 1 is 1.10 bits per heavy atom. The van der Waals surface area contributed by atoms with E-state index < -0.39 is 29.8 Å². The molecule has 2 heterocycles. The first-order valence-electron chi connectivity index (χ1n) is 8.72. The average Bonchev–Trinajstić information content (AvgIpc) is 3.20. The number of imide groups is 1. The van der Waals surface area contributed by atoms with Crippen LogP contribution >= 0.6 is 23.2 Å². The summed E-state index contributed by atoms with van der Waals surface area (Å²) in [6.45, 7) is 1.55. The molecule has 29 heavy (non-hydrogen) atoms. The number of nitrogens with one attached hydrogen (secondary N) is 1. The highest BCUT2D eigenvalue weighted by Gasteiger charge is 2.55. The van der Waals surface area contributed by atoms with E-state index in [4.69, 9.17) is 23.2 Å². The summed E-state index contributed by atoms with van der Waals surface area (Å²) in [5, 5.41) is 12.8. The van der Waals surface area contributed by atoms with Crippen LogP contribution in [0.4, 0.5) is 11.4 Å². The van der Waals surface area contributed by atoms with E-state index in [1.54, 1.807) is 49.4 Å². The molecule has 0 radical (unpaired) electrons. The van der Waals surface area contributed by atoms with Crippen molar-refractivity contribution in [3.63, 3.8) is 0 Å². The van der Waals surface area contributed by atoms with Gasteiger partial charge in [0.25, 0.3) is 11.8 Å². The normalized spacial score (nSPS) is 20.4. The summed E-state index contributed by atoms with van der Waals surface area (Å²) in [5.74, 6) is -1.38. The molecule has 0 aliphatic carbocycles. The number of anilines is 2. The first-order chi connectivity index (χ1) is 13.9. The van der Waals surface area contributed by atoms with Crippen molar-refractivity contribution in [3.05, 3.63) is 58.1 Å². The van der Waals surface area contributed by atoms with Crippen molar-refractivity contribution in [3.8, 4) is 0 Å². The number of carbonyl (C=O) groups is 3. The van der Waals surface area contributed by atoms with Gasteiger partial charge in [0.2, 0.25) is 5.91 Å². The molecule has 2 aliphatic heterocycles. The van der Waals surface area contributed by atoms with E-state index in [1.807, 2.05) is 0 Å². The van der Waals surface area contributed by atoms with Gasteiger partial charge in [-0.25, -0.2) is 4.90 Å². The van der Waals surface area contributed by atoms with Gasteiger partial charge in [0, 0.05) is 15.7 Å². The number of benzene rings is 2. The molecule has 10 heteroatoms. The summed E-state index contributed by atoms with van der Waals surface area (Å²) in [6.07, 6.45) is 0. The Bertz CT molecular complexity index is 1040. The van der Waals surface area contributed by atoms with Gasteiger partial charge >= 0.3 is 0 Å². The van der Waals surface area contributed by atoms with Gasteiger partial charge in [-0.2, -0.15) is 5.11 Å². The Kier molecular flexibility index (Phi) is 4.97. The molecular weight excluding hydrogens is 417 g/mol. The van der Waals surface area contributed by atoms with Crippen LogP contribution < -0.4 is 10.2 Å². The number of hydrogen-bond donors (Lipinski definition) is 1. The number of rotatable bonds is 4. The summed E-state index contributed by atoms with van der Waals surface area (Å²) < 4.78 is 0. The van der Waals surface area contributed by atoms with Crippen molar-refractivity contribution in [1.29, 1.82) is 0 Å². The zero-order valence-electron chi connectivity index (χ0n) is 15.2. The van der Waals surface area contributed by atoms with Crippen LogP contribution in [-0.4, -0.2) is 41.4 Å². The molecule has 4 rings (SSSR count). The molecule has 0 spiro atoms. The Morgan fingerprint density at radius 2 is 1.83 bits per heavy atom. The maximum Gasteiger partial charge on any atom is 0.263 e. The molecule has 8 nitrogen and oxygen atoms in total. The predicted molar refractivity (Wildman–Crippen MR) is 108 cm³/mol. The van der Waals surface area contributed by atoms with E-state index in [1.165, 1.54) is 5.01 Å². The van der Waals surface area contributed by atoms with E-state index in [0.29, 0.717) is 21.4 Å². The number of hydrogen-bond acceptors (Lipinski definition) is 6. The summed E-state index contributed by atoms with van der Waals surface area (Å²) in [6, 6.07) is 9.57. The number of carbonyl (C=O) groups excluding carboxylic acids is 3. The maximum absolute atomic E-state index is 12.9. The Hall–Kier alpha value is -2.97. The van der Waals surface area contributed by atoms with Crippen LogP contribution in [0.15, 0.2) is 52.8 Å². The molecule has 148 valence electrons. The van der Waals surface area contributed by atoms with Gasteiger partial charge in [-0.3, -0.25) is 19.4 Å². The molecule has 1 saturated heterocycles. The highest BCUT2D eigenvalue weighted by Crippen LogP contribution is 2.32. The molecule has 2 aromatic rings. The topological polar surface area (TPSA) is 94.4 Å². The minimum Gasteiger partial charge on any atom is -0.324 e. The SMILES string of the molecule is Cc1c(Cl)cccc1NC(=O)CN1N=N[C@@H]2C(=O)N(c3ccc(Cl)cc3)C(=O)[C@H]21. The minimum absolute atomic E-state index is 0.232. The van der Waals surface area contributed by atoms with Crippen molar-refractivity contribution < 1.29 is 14.4 Å². The monoisotopic (exact) mass is 431 g/mol. The van der Waals surface area contributed by atoms with Crippen LogP contribution in [0, 0.1) is 6.92 Å². The van der Waals surface area contributed by atoms with Crippen LogP contribution in [0.2, 0.25) is 10.0 Å². The van der Waals surface area contributed by atoms with E-state index in [-0.39, 0.29) is 6.54 Å². The molecule has 0 bridgehead atoms. The fourth-order valence-electron chi connectivity index (χ4n) is 3.28. The lowest BCUT2D eigenvalue weighted by molar-refractivity contribution is -0.123. The maximum atomic E-state index is 12.9. The van der Waals surface area contributed by atoms with E-state index in [2.05, 4.69) is 15.7 Å². The largest absolute Gasteiger partial charge is 0.324 e. The third-order valence-corrected chi connectivity index (χ3v) is 5.45. The van der Waals surface area contributed by atoms with Crippen LogP contribution in [0.25, 0.3) is 0 Å². The van der Waals surface area contributed by atoms with E-state index in [9.17, 15) is 14.4 Å². The van der Waals surface area contributed by atoms with Crippen LogP contribution in [0.1, 0.15) is 5.56 Å². The second kappa shape index (κ2) is 7.46. The lowest BCUT2D eigenvalue weighted by atomic mass is 10.1. The highest BCUT2D eigenvalue weighted by molar-refractivity contribution is 6.32. The first kappa shape index (κ1) is 19.4. The summed E-state index contributed by atoms with van der Waals surface area (Å²) in [4.78, 5) is 39.1. The molecule has 1 N–H and O–H groups in total. The molecule has 0 saturated carbocycles. The standard InChI is InChI=1S/C19H15Cl2N5O3/c1-10-13(21)3-2-4-14(10)22-15(27)9-25-17-16(23-24-25)18(28)26(19(17)29)12-7-5-11(20)6-8-12/h2-8,16-17H,9H2,1H3,(H,22,27)/t16-,17-/m0/s1. The van der Waals surface area contributed by atoms with E-state index >= 15 is 0 Å².